The molecular formula is C22H27ClN6O2S. The maximum Gasteiger partial charge on any atom is 0.225 e. The maximum absolute atomic E-state index is 13.3. The Labute approximate surface area is 194 Å². The van der Waals surface area contributed by atoms with Crippen LogP contribution in [0.1, 0.15) is 62.4 Å². The monoisotopic (exact) mass is 474 g/mol. The van der Waals surface area contributed by atoms with Crippen LogP contribution in [0.4, 0.5) is 11.8 Å². The van der Waals surface area contributed by atoms with Crippen LogP contribution in [0.25, 0.3) is 0 Å². The average Bonchev–Trinajstić information content (AvgIpc) is 3.51. The highest BCUT2D eigenvalue weighted by atomic mass is 35.5. The molecule has 4 heterocycles. The Kier molecular flexibility index (Phi) is 4.93. The van der Waals surface area contributed by atoms with Gasteiger partial charge in [-0.3, -0.25) is 4.21 Å². The molecule has 2 aliphatic heterocycles. The first-order valence-corrected chi connectivity index (χ1v) is 13.0. The number of halogens is 1. The summed E-state index contributed by atoms with van der Waals surface area (Å²) >= 11 is 5.92. The van der Waals surface area contributed by atoms with Crippen LogP contribution in [0.5, 0.6) is 0 Å². The van der Waals surface area contributed by atoms with E-state index in [1.54, 1.807) is 12.4 Å². The van der Waals surface area contributed by atoms with Crippen LogP contribution in [0.15, 0.2) is 17.3 Å². The lowest BCUT2D eigenvalue weighted by Gasteiger charge is -2.41. The van der Waals surface area contributed by atoms with Gasteiger partial charge < -0.3 is 15.3 Å². The summed E-state index contributed by atoms with van der Waals surface area (Å²) in [6.45, 7) is 1.72. The summed E-state index contributed by atoms with van der Waals surface area (Å²) in [5.74, 6) is 2.47. The highest BCUT2D eigenvalue weighted by molar-refractivity contribution is 7.87. The molecule has 0 radical (unpaired) electrons. The van der Waals surface area contributed by atoms with E-state index in [9.17, 15) is 9.32 Å². The van der Waals surface area contributed by atoms with Gasteiger partial charge in [-0.25, -0.2) is 19.9 Å². The molecule has 1 unspecified atom stereocenters. The first-order valence-electron chi connectivity index (χ1n) is 11.5. The third-order valence-electron chi connectivity index (χ3n) is 7.58. The predicted molar refractivity (Wildman–Crippen MR) is 123 cm³/mol. The van der Waals surface area contributed by atoms with E-state index in [1.165, 1.54) is 0 Å². The SMILES string of the molecule is O=S1c2c(nc(C3CCN(c4ncc(Cl)cn4)CC3)nc2NC2(CO)CCC2)CC12CC2. The van der Waals surface area contributed by atoms with Crippen LogP contribution in [0.3, 0.4) is 0 Å². The average molecular weight is 475 g/mol. The molecular weight excluding hydrogens is 448 g/mol. The number of anilines is 2. The molecule has 0 aromatic carbocycles. The van der Waals surface area contributed by atoms with Crippen LogP contribution in [0, 0.1) is 0 Å². The van der Waals surface area contributed by atoms with E-state index in [4.69, 9.17) is 21.6 Å². The fourth-order valence-corrected chi connectivity index (χ4v) is 7.05. The Bertz CT molecular complexity index is 1060. The molecule has 1 saturated heterocycles. The summed E-state index contributed by atoms with van der Waals surface area (Å²) in [4.78, 5) is 21.5. The molecule has 2 aromatic heterocycles. The standard InChI is InChI=1S/C22H27ClN6O2S/c23-15-11-24-20(25-12-15)29-8-2-14(3-9-29)18-26-16-10-22(6-7-22)32(31)17(16)19(27-18)28-21(13-30)4-1-5-21/h11-12,14,30H,1-10,13H2,(H,26,27,28). The molecule has 1 spiro atoms. The van der Waals surface area contributed by atoms with Gasteiger partial charge in [0.15, 0.2) is 0 Å². The second kappa shape index (κ2) is 7.60. The zero-order chi connectivity index (χ0) is 21.9. The van der Waals surface area contributed by atoms with E-state index in [0.29, 0.717) is 16.8 Å². The molecule has 4 aliphatic rings. The van der Waals surface area contributed by atoms with Gasteiger partial charge in [0.05, 0.1) is 50.8 Å². The minimum atomic E-state index is -1.07. The molecule has 0 amide bonds. The van der Waals surface area contributed by atoms with Gasteiger partial charge in [0.1, 0.15) is 16.5 Å². The number of aromatic nitrogens is 4. The number of hydrogen-bond donors (Lipinski definition) is 2. The van der Waals surface area contributed by atoms with E-state index >= 15 is 0 Å². The van der Waals surface area contributed by atoms with Gasteiger partial charge in [-0.15, -0.1) is 0 Å². The Hall–Kier alpha value is -1.84. The summed E-state index contributed by atoms with van der Waals surface area (Å²) in [5, 5.41) is 14.0. The summed E-state index contributed by atoms with van der Waals surface area (Å²) in [6, 6.07) is 0. The summed E-state index contributed by atoms with van der Waals surface area (Å²) < 4.78 is 13.2. The maximum atomic E-state index is 13.3. The topological polar surface area (TPSA) is 104 Å². The number of fused-ring (bicyclic) bond motifs is 1. The second-order valence-corrected chi connectivity index (χ2v) is 12.0. The number of aliphatic hydroxyl groups excluding tert-OH is 1. The summed E-state index contributed by atoms with van der Waals surface area (Å²) in [5.41, 5.74) is 0.613. The van der Waals surface area contributed by atoms with Crippen molar-refractivity contribution < 1.29 is 9.32 Å². The van der Waals surface area contributed by atoms with Crippen LogP contribution < -0.4 is 10.2 Å². The largest absolute Gasteiger partial charge is 0.394 e. The fourth-order valence-electron chi connectivity index (χ4n) is 5.17. The van der Waals surface area contributed by atoms with Crippen molar-refractivity contribution in [3.63, 3.8) is 0 Å². The fraction of sp³-hybridized carbons (Fsp3) is 0.636. The molecule has 32 heavy (non-hydrogen) atoms. The van der Waals surface area contributed by atoms with E-state index in [1.807, 2.05) is 0 Å². The Morgan fingerprint density at radius 1 is 1.16 bits per heavy atom. The molecule has 1 atom stereocenters. The molecule has 170 valence electrons. The smallest absolute Gasteiger partial charge is 0.225 e. The van der Waals surface area contributed by atoms with Gasteiger partial charge in [-0.1, -0.05) is 11.6 Å². The molecule has 2 saturated carbocycles. The van der Waals surface area contributed by atoms with E-state index in [0.717, 1.165) is 80.9 Å². The van der Waals surface area contributed by atoms with Crippen molar-refractivity contribution in [2.75, 3.05) is 29.9 Å². The van der Waals surface area contributed by atoms with Crippen molar-refractivity contribution in [2.24, 2.45) is 0 Å². The van der Waals surface area contributed by atoms with Crippen LogP contribution in [-0.2, 0) is 17.2 Å². The van der Waals surface area contributed by atoms with E-state index in [-0.39, 0.29) is 22.8 Å². The molecule has 6 rings (SSSR count). The zero-order valence-electron chi connectivity index (χ0n) is 17.9. The Balaban J connectivity index is 1.27. The van der Waals surface area contributed by atoms with Gasteiger partial charge in [0, 0.05) is 25.4 Å². The van der Waals surface area contributed by atoms with Gasteiger partial charge in [0.25, 0.3) is 0 Å². The van der Waals surface area contributed by atoms with Crippen LogP contribution in [0.2, 0.25) is 5.02 Å². The predicted octanol–water partition coefficient (Wildman–Crippen LogP) is 2.83. The third-order valence-corrected chi connectivity index (χ3v) is 9.91. The molecule has 2 N–H and O–H groups in total. The lowest BCUT2D eigenvalue weighted by molar-refractivity contribution is 0.143. The van der Waals surface area contributed by atoms with Gasteiger partial charge in [-0.2, -0.15) is 0 Å². The zero-order valence-corrected chi connectivity index (χ0v) is 19.5. The minimum absolute atomic E-state index is 0.0678. The summed E-state index contributed by atoms with van der Waals surface area (Å²) in [7, 11) is -1.07. The van der Waals surface area contributed by atoms with Crippen molar-refractivity contribution >= 4 is 34.2 Å². The van der Waals surface area contributed by atoms with E-state index in [2.05, 4.69) is 20.2 Å². The molecule has 10 heteroatoms. The van der Waals surface area contributed by atoms with E-state index < -0.39 is 10.8 Å². The number of nitrogens with one attached hydrogen (secondary N) is 1. The third kappa shape index (κ3) is 3.40. The number of piperidine rings is 1. The van der Waals surface area contributed by atoms with Crippen molar-refractivity contribution in [3.05, 3.63) is 28.9 Å². The second-order valence-electron chi connectivity index (χ2n) is 9.71. The first kappa shape index (κ1) is 20.7. The van der Waals surface area contributed by atoms with Crippen LogP contribution >= 0.6 is 11.6 Å². The van der Waals surface area contributed by atoms with Crippen molar-refractivity contribution in [3.8, 4) is 0 Å². The molecule has 2 aromatic rings. The molecule has 8 nitrogen and oxygen atoms in total. The molecule has 3 fully saturated rings. The lowest BCUT2D eigenvalue weighted by Crippen LogP contribution is -2.48. The van der Waals surface area contributed by atoms with Gasteiger partial charge in [0.2, 0.25) is 5.95 Å². The van der Waals surface area contributed by atoms with Gasteiger partial charge in [-0.05, 0) is 44.9 Å². The van der Waals surface area contributed by atoms with Crippen molar-refractivity contribution in [1.82, 2.24) is 19.9 Å². The Morgan fingerprint density at radius 3 is 2.47 bits per heavy atom. The van der Waals surface area contributed by atoms with Crippen LogP contribution in [-0.4, -0.2) is 59.2 Å². The number of aliphatic hydroxyl groups is 1. The normalized spacial score (nSPS) is 25.4. The highest BCUT2D eigenvalue weighted by Gasteiger charge is 2.56. The highest BCUT2D eigenvalue weighted by Crippen LogP contribution is 2.54. The minimum Gasteiger partial charge on any atom is -0.394 e. The first-order chi connectivity index (χ1) is 15.5. The number of nitrogens with zero attached hydrogens (tertiary/aromatic N) is 5. The van der Waals surface area contributed by atoms with Crippen molar-refractivity contribution in [1.29, 1.82) is 0 Å². The molecule has 2 aliphatic carbocycles. The Morgan fingerprint density at radius 2 is 1.88 bits per heavy atom. The summed E-state index contributed by atoms with van der Waals surface area (Å²) in [6.07, 6.45) is 10.8. The number of rotatable bonds is 5. The van der Waals surface area contributed by atoms with Crippen molar-refractivity contribution in [2.45, 2.75) is 72.5 Å². The molecule has 0 bridgehead atoms. The quantitative estimate of drug-likeness (QED) is 0.681. The van der Waals surface area contributed by atoms with Gasteiger partial charge >= 0.3 is 0 Å². The number of hydrogen-bond acceptors (Lipinski definition) is 8. The lowest BCUT2D eigenvalue weighted by atomic mass is 9.77.